The summed E-state index contributed by atoms with van der Waals surface area (Å²) in [5, 5.41) is 6.48. The van der Waals surface area contributed by atoms with E-state index in [9.17, 15) is 13.2 Å². The third kappa shape index (κ3) is 7.57. The molecule has 0 fully saturated rings. The van der Waals surface area contributed by atoms with E-state index in [1.807, 2.05) is 6.07 Å². The largest absolute Gasteiger partial charge is 0.492 e. The number of halogens is 2. The second kappa shape index (κ2) is 12.2. The van der Waals surface area contributed by atoms with Crippen molar-refractivity contribution in [3.05, 3.63) is 82.8 Å². The number of rotatable bonds is 9. The smallest absolute Gasteiger partial charge is 0.264 e. The van der Waals surface area contributed by atoms with Gasteiger partial charge in [0.2, 0.25) is 5.91 Å². The lowest BCUT2D eigenvalue weighted by Gasteiger charge is -2.19. The van der Waals surface area contributed by atoms with Crippen LogP contribution >= 0.6 is 35.4 Å². The molecular formula is C24H23Cl2N3O4S2. The van der Waals surface area contributed by atoms with Crippen LogP contribution in [0.3, 0.4) is 0 Å². The molecule has 3 aromatic rings. The van der Waals surface area contributed by atoms with Crippen molar-refractivity contribution in [1.29, 1.82) is 0 Å². The minimum absolute atomic E-state index is 0.105. The Labute approximate surface area is 220 Å². The Balaban J connectivity index is 1.46. The van der Waals surface area contributed by atoms with Gasteiger partial charge < -0.3 is 15.4 Å². The summed E-state index contributed by atoms with van der Waals surface area (Å²) in [4.78, 5) is 12.3. The van der Waals surface area contributed by atoms with Gasteiger partial charge in [0, 0.05) is 24.2 Å². The molecule has 0 heterocycles. The molecule has 11 heteroatoms. The van der Waals surface area contributed by atoms with Crippen LogP contribution in [0.15, 0.2) is 77.7 Å². The van der Waals surface area contributed by atoms with E-state index >= 15 is 0 Å². The third-order valence-corrected chi connectivity index (χ3v) is 7.38. The third-order valence-electron chi connectivity index (χ3n) is 4.84. The lowest BCUT2D eigenvalue weighted by Crippen LogP contribution is -2.34. The molecule has 0 spiro atoms. The van der Waals surface area contributed by atoms with Crippen molar-refractivity contribution in [3.63, 3.8) is 0 Å². The molecule has 0 bridgehead atoms. The van der Waals surface area contributed by atoms with Crippen molar-refractivity contribution in [1.82, 2.24) is 5.32 Å². The number of nitrogens with one attached hydrogen (secondary N) is 2. The summed E-state index contributed by atoms with van der Waals surface area (Å²) in [6, 6.07) is 19.8. The van der Waals surface area contributed by atoms with Crippen molar-refractivity contribution in [2.75, 3.05) is 23.3 Å². The Morgan fingerprint density at radius 2 is 1.71 bits per heavy atom. The van der Waals surface area contributed by atoms with Crippen LogP contribution < -0.4 is 19.7 Å². The van der Waals surface area contributed by atoms with E-state index in [-0.39, 0.29) is 22.3 Å². The Hall–Kier alpha value is -2.85. The van der Waals surface area contributed by atoms with E-state index in [4.69, 9.17) is 40.2 Å². The quantitative estimate of drug-likeness (QED) is 0.270. The van der Waals surface area contributed by atoms with Crippen molar-refractivity contribution in [2.24, 2.45) is 0 Å². The second-order valence-corrected chi connectivity index (χ2v) is 10.6. The Bertz CT molecular complexity index is 1290. The monoisotopic (exact) mass is 551 g/mol. The van der Waals surface area contributed by atoms with Crippen LogP contribution in [-0.2, 0) is 14.8 Å². The van der Waals surface area contributed by atoms with Gasteiger partial charge in [0.05, 0.1) is 22.2 Å². The van der Waals surface area contributed by atoms with Gasteiger partial charge in [-0.25, -0.2) is 8.42 Å². The molecule has 1 amide bonds. The van der Waals surface area contributed by atoms with Crippen LogP contribution in [0.2, 0.25) is 10.0 Å². The lowest BCUT2D eigenvalue weighted by molar-refractivity contribution is -0.119. The molecule has 0 aliphatic rings. The minimum atomic E-state index is -3.72. The first-order chi connectivity index (χ1) is 16.7. The molecule has 0 saturated heterocycles. The highest BCUT2D eigenvalue weighted by molar-refractivity contribution is 7.92. The molecule has 3 aromatic carbocycles. The fraction of sp³-hybridized carbons (Fsp3) is 0.167. The first-order valence-electron chi connectivity index (χ1n) is 10.5. The van der Waals surface area contributed by atoms with Crippen molar-refractivity contribution in [2.45, 2.75) is 17.7 Å². The first-order valence-corrected chi connectivity index (χ1v) is 13.1. The van der Waals surface area contributed by atoms with Crippen LogP contribution in [-0.4, -0.2) is 33.1 Å². The number of amides is 1. The molecule has 0 saturated carbocycles. The number of nitrogens with zero attached hydrogens (tertiary/aromatic N) is 1. The normalized spacial score (nSPS) is 10.9. The van der Waals surface area contributed by atoms with Crippen LogP contribution in [0.4, 0.5) is 11.4 Å². The summed E-state index contributed by atoms with van der Waals surface area (Å²) in [5.74, 6) is 0.214. The van der Waals surface area contributed by atoms with E-state index in [1.54, 1.807) is 54.6 Å². The predicted octanol–water partition coefficient (Wildman–Crippen LogP) is 5.49. The molecule has 184 valence electrons. The Morgan fingerprint density at radius 1 is 1.03 bits per heavy atom. The second-order valence-electron chi connectivity index (χ2n) is 7.36. The van der Waals surface area contributed by atoms with E-state index in [0.717, 1.165) is 0 Å². The van der Waals surface area contributed by atoms with Crippen LogP contribution in [0, 0.1) is 0 Å². The first kappa shape index (κ1) is 26.7. The number of thiocarbonyl (C=S) groups is 1. The molecule has 35 heavy (non-hydrogen) atoms. The van der Waals surface area contributed by atoms with Gasteiger partial charge in [0.1, 0.15) is 5.75 Å². The zero-order valence-electron chi connectivity index (χ0n) is 18.7. The zero-order valence-corrected chi connectivity index (χ0v) is 21.8. The fourth-order valence-electron chi connectivity index (χ4n) is 3.00. The summed E-state index contributed by atoms with van der Waals surface area (Å²) in [5.41, 5.74) is 1.09. The van der Waals surface area contributed by atoms with Gasteiger partial charge in [-0.2, -0.15) is 0 Å². The summed E-state index contributed by atoms with van der Waals surface area (Å²) < 4.78 is 32.5. The van der Waals surface area contributed by atoms with Crippen molar-refractivity contribution < 1.29 is 17.9 Å². The van der Waals surface area contributed by atoms with Gasteiger partial charge in [0.25, 0.3) is 10.0 Å². The van der Waals surface area contributed by atoms with Gasteiger partial charge in [-0.1, -0.05) is 41.4 Å². The van der Waals surface area contributed by atoms with Gasteiger partial charge in [-0.05, 0) is 73.2 Å². The minimum Gasteiger partial charge on any atom is -0.492 e. The van der Waals surface area contributed by atoms with Crippen LogP contribution in [0.25, 0.3) is 0 Å². The maximum atomic E-state index is 12.9. The zero-order chi connectivity index (χ0) is 25.4. The fourth-order valence-corrected chi connectivity index (χ4v) is 4.89. The number of ether oxygens (including phenoxy) is 1. The topological polar surface area (TPSA) is 87.7 Å². The van der Waals surface area contributed by atoms with Gasteiger partial charge in [-0.3, -0.25) is 9.10 Å². The molecule has 0 aliphatic heterocycles. The maximum Gasteiger partial charge on any atom is 0.264 e. The van der Waals surface area contributed by atoms with Gasteiger partial charge >= 0.3 is 0 Å². The molecule has 0 unspecified atom stereocenters. The standard InChI is InChI=1S/C24H23Cl2N3O4S2/c1-29(19-6-3-2-4-7-19)35(31,32)20-12-10-18(11-13-20)27-24(34)28-23(30)8-5-15-33-22-14-9-17(25)16-21(22)26/h2-4,6-7,9-14,16H,5,8,15H2,1H3,(H2,27,28,30,34). The highest BCUT2D eigenvalue weighted by Gasteiger charge is 2.21. The molecule has 0 aliphatic carbocycles. The lowest BCUT2D eigenvalue weighted by atomic mass is 10.3. The summed E-state index contributed by atoms with van der Waals surface area (Å²) in [7, 11) is -2.22. The van der Waals surface area contributed by atoms with E-state index in [1.165, 1.54) is 23.5 Å². The van der Waals surface area contributed by atoms with Gasteiger partial charge in [-0.15, -0.1) is 0 Å². The molecule has 3 rings (SSSR count). The number of benzene rings is 3. The molecule has 0 aromatic heterocycles. The maximum absolute atomic E-state index is 12.9. The van der Waals surface area contributed by atoms with Crippen LogP contribution in [0.1, 0.15) is 12.8 Å². The number of anilines is 2. The molecule has 0 atom stereocenters. The number of carbonyl (C=O) groups is 1. The van der Waals surface area contributed by atoms with Gasteiger partial charge in [0.15, 0.2) is 5.11 Å². The van der Waals surface area contributed by atoms with Crippen molar-refractivity contribution in [3.8, 4) is 5.75 Å². The summed E-state index contributed by atoms with van der Waals surface area (Å²) in [6.45, 7) is 0.294. The number of sulfonamides is 1. The predicted molar refractivity (Wildman–Crippen MR) is 144 cm³/mol. The summed E-state index contributed by atoms with van der Waals surface area (Å²) >= 11 is 17.1. The van der Waals surface area contributed by atoms with E-state index in [0.29, 0.717) is 40.2 Å². The number of hydrogen-bond acceptors (Lipinski definition) is 5. The van der Waals surface area contributed by atoms with Crippen molar-refractivity contribution >= 4 is 67.8 Å². The molecule has 2 N–H and O–H groups in total. The van der Waals surface area contributed by atoms with Crippen LogP contribution in [0.5, 0.6) is 5.75 Å². The van der Waals surface area contributed by atoms with E-state index in [2.05, 4.69) is 10.6 Å². The average molecular weight is 553 g/mol. The number of carbonyl (C=O) groups excluding carboxylic acids is 1. The SMILES string of the molecule is CN(c1ccccc1)S(=O)(=O)c1ccc(NC(=S)NC(=O)CCCOc2ccc(Cl)cc2Cl)cc1. The molecule has 0 radical (unpaired) electrons. The number of hydrogen-bond donors (Lipinski definition) is 2. The molecular weight excluding hydrogens is 529 g/mol. The summed E-state index contributed by atoms with van der Waals surface area (Å²) in [6.07, 6.45) is 0.644. The average Bonchev–Trinajstić information content (AvgIpc) is 2.83. The number of para-hydroxylation sites is 1. The molecule has 7 nitrogen and oxygen atoms in total. The highest BCUT2D eigenvalue weighted by atomic mass is 35.5. The highest BCUT2D eigenvalue weighted by Crippen LogP contribution is 2.27. The Kier molecular flexibility index (Phi) is 9.33. The van der Waals surface area contributed by atoms with E-state index < -0.39 is 10.0 Å². The Morgan fingerprint density at radius 3 is 2.37 bits per heavy atom.